The Hall–Kier alpha value is 1.97. The van der Waals surface area contributed by atoms with Crippen LogP contribution in [-0.2, 0) is 26.2 Å². The minimum absolute atomic E-state index is 0. The number of halogens is 3. The summed E-state index contributed by atoms with van der Waals surface area (Å²) in [7, 11) is 0.750. The van der Waals surface area contributed by atoms with Gasteiger partial charge >= 0.3 is 26.2 Å². The Labute approximate surface area is 85.4 Å². The molecule has 7 heavy (non-hydrogen) atoms. The van der Waals surface area contributed by atoms with Crippen LogP contribution in [-0.4, -0.2) is 9.52 Å². The molecular formula is C2H7Cl3SiZr. The second-order valence-corrected chi connectivity index (χ2v) is 1.73. The van der Waals surface area contributed by atoms with Crippen molar-refractivity contribution in [2.45, 2.75) is 13.1 Å². The van der Waals surface area contributed by atoms with Gasteiger partial charge in [-0.2, -0.15) is 0 Å². The van der Waals surface area contributed by atoms with Gasteiger partial charge in [-0.15, -0.1) is 0 Å². The number of hydrogen-bond acceptors (Lipinski definition) is 0. The van der Waals surface area contributed by atoms with Crippen molar-refractivity contribution in [3.63, 3.8) is 0 Å². The molecular weight excluding hydrogens is 250 g/mol. The maximum absolute atomic E-state index is 2.21. The van der Waals surface area contributed by atoms with Gasteiger partial charge in [0.1, 0.15) is 0 Å². The van der Waals surface area contributed by atoms with Crippen LogP contribution < -0.4 is 37.2 Å². The summed E-state index contributed by atoms with van der Waals surface area (Å²) >= 11 is 0. The molecule has 0 rings (SSSR count). The zero-order valence-corrected chi connectivity index (χ0v) is 10.1. The van der Waals surface area contributed by atoms with Crippen molar-refractivity contribution in [3.8, 4) is 0 Å². The van der Waals surface area contributed by atoms with E-state index in [0.717, 1.165) is 9.52 Å². The van der Waals surface area contributed by atoms with Gasteiger partial charge in [0.05, 0.1) is 0 Å². The van der Waals surface area contributed by atoms with Crippen molar-refractivity contribution in [2.24, 2.45) is 0 Å². The van der Waals surface area contributed by atoms with Crippen molar-refractivity contribution >= 4 is 9.52 Å². The Balaban J connectivity index is -0.00000000333. The molecule has 0 aromatic carbocycles. The molecule has 0 saturated carbocycles. The molecule has 0 spiro atoms. The maximum Gasteiger partial charge on any atom is 3.00 e. The molecule has 0 fully saturated rings. The first-order chi connectivity index (χ1) is 1.41. The Morgan fingerprint density at radius 3 is 0.857 bits per heavy atom. The molecule has 0 N–H and O–H groups in total. The summed E-state index contributed by atoms with van der Waals surface area (Å²) < 4.78 is 0. The quantitative estimate of drug-likeness (QED) is 0.378. The van der Waals surface area contributed by atoms with Gasteiger partial charge in [0.25, 0.3) is 0 Å². The van der Waals surface area contributed by atoms with Crippen molar-refractivity contribution in [1.82, 2.24) is 0 Å². The molecule has 0 unspecified atom stereocenters. The zero-order chi connectivity index (χ0) is 2.71. The van der Waals surface area contributed by atoms with Crippen LogP contribution in [0, 0.1) is 0 Å². The first-order valence-corrected chi connectivity index (χ1v) is 3.46. The van der Waals surface area contributed by atoms with Crippen LogP contribution in [0.25, 0.3) is 0 Å². The van der Waals surface area contributed by atoms with E-state index >= 15 is 0 Å². The topological polar surface area (TPSA) is 0 Å². The van der Waals surface area contributed by atoms with Gasteiger partial charge in [-0.05, 0) is 0 Å². The van der Waals surface area contributed by atoms with Crippen molar-refractivity contribution < 1.29 is 63.4 Å². The van der Waals surface area contributed by atoms with E-state index in [1.807, 2.05) is 0 Å². The SMILES string of the molecule is C[SiH]C.[Cl-].[Cl-].[Cl-].[Zr+3]. The fourth-order valence-electron chi connectivity index (χ4n) is 0. The Bertz CT molecular complexity index is 12.9. The molecule has 44 valence electrons. The molecule has 0 aliphatic carbocycles. The molecule has 0 bridgehead atoms. The van der Waals surface area contributed by atoms with E-state index < -0.39 is 0 Å². The van der Waals surface area contributed by atoms with Gasteiger partial charge in [0.2, 0.25) is 0 Å². The van der Waals surface area contributed by atoms with E-state index in [1.165, 1.54) is 0 Å². The van der Waals surface area contributed by atoms with Gasteiger partial charge in [0, 0.05) is 9.52 Å². The first kappa shape index (κ1) is 36.2. The molecule has 0 amide bonds. The molecule has 0 nitrogen and oxygen atoms in total. The predicted molar refractivity (Wildman–Crippen MR) is 18.9 cm³/mol. The average Bonchev–Trinajstić information content (AvgIpc) is 0.918. The summed E-state index contributed by atoms with van der Waals surface area (Å²) in [5, 5.41) is 0. The molecule has 2 radical (unpaired) electrons. The molecule has 0 aliphatic heterocycles. The van der Waals surface area contributed by atoms with Crippen LogP contribution >= 0.6 is 0 Å². The summed E-state index contributed by atoms with van der Waals surface area (Å²) in [5.41, 5.74) is 0. The third-order valence-electron chi connectivity index (χ3n) is 0. The molecule has 0 aromatic rings. The Morgan fingerprint density at radius 1 is 0.857 bits per heavy atom. The minimum Gasteiger partial charge on any atom is -1.00 e. The molecule has 5 heteroatoms. The average molecular weight is 257 g/mol. The van der Waals surface area contributed by atoms with Crippen molar-refractivity contribution in [2.75, 3.05) is 0 Å². The normalized spacial score (nSPS) is 2.57. The van der Waals surface area contributed by atoms with E-state index in [9.17, 15) is 0 Å². The third kappa shape index (κ3) is 73.2. The van der Waals surface area contributed by atoms with Gasteiger partial charge in [-0.1, -0.05) is 13.1 Å². The fourth-order valence-corrected chi connectivity index (χ4v) is 0. The largest absolute Gasteiger partial charge is 3.00 e. The maximum atomic E-state index is 2.21. The standard InChI is InChI=1S/C2H7Si.3ClH.Zr/c1-3-2;;;;/h3H,1-2H3;3*1H;/q;;;;+3/p-3. The Morgan fingerprint density at radius 2 is 0.857 bits per heavy atom. The minimum atomic E-state index is 0. The summed E-state index contributed by atoms with van der Waals surface area (Å²) in [6.07, 6.45) is 0. The summed E-state index contributed by atoms with van der Waals surface area (Å²) in [6, 6.07) is 0. The molecule has 0 heterocycles. The molecule has 0 aliphatic rings. The van der Waals surface area contributed by atoms with Crippen LogP contribution in [0.2, 0.25) is 13.1 Å². The van der Waals surface area contributed by atoms with E-state index in [4.69, 9.17) is 0 Å². The van der Waals surface area contributed by atoms with Crippen molar-refractivity contribution in [1.29, 1.82) is 0 Å². The smallest absolute Gasteiger partial charge is 1.00 e. The molecule has 0 atom stereocenters. The molecule has 0 saturated heterocycles. The van der Waals surface area contributed by atoms with Crippen LogP contribution in [0.3, 0.4) is 0 Å². The monoisotopic (exact) mass is 254 g/mol. The molecule has 0 aromatic heterocycles. The van der Waals surface area contributed by atoms with E-state index in [-0.39, 0.29) is 63.4 Å². The van der Waals surface area contributed by atoms with Crippen LogP contribution in [0.1, 0.15) is 0 Å². The number of rotatable bonds is 0. The van der Waals surface area contributed by atoms with Crippen LogP contribution in [0.4, 0.5) is 0 Å². The van der Waals surface area contributed by atoms with E-state index in [1.54, 1.807) is 0 Å². The summed E-state index contributed by atoms with van der Waals surface area (Å²) in [5.74, 6) is 0. The zero-order valence-electron chi connectivity index (χ0n) is 4.21. The number of hydrogen-bond donors (Lipinski definition) is 0. The summed E-state index contributed by atoms with van der Waals surface area (Å²) in [4.78, 5) is 0. The first-order valence-electron chi connectivity index (χ1n) is 1.15. The van der Waals surface area contributed by atoms with Crippen LogP contribution in [0.5, 0.6) is 0 Å². The van der Waals surface area contributed by atoms with E-state index in [0.29, 0.717) is 0 Å². The van der Waals surface area contributed by atoms with Gasteiger partial charge in [-0.25, -0.2) is 0 Å². The van der Waals surface area contributed by atoms with Crippen molar-refractivity contribution in [3.05, 3.63) is 0 Å². The van der Waals surface area contributed by atoms with E-state index in [2.05, 4.69) is 13.1 Å². The Kier molecular flexibility index (Phi) is 227. The van der Waals surface area contributed by atoms with Gasteiger partial charge in [-0.3, -0.25) is 0 Å². The predicted octanol–water partition coefficient (Wildman–Crippen LogP) is -8.47. The fraction of sp³-hybridized carbons (Fsp3) is 1.00. The third-order valence-corrected chi connectivity index (χ3v) is 0. The second-order valence-electron chi connectivity index (χ2n) is 0.577. The second kappa shape index (κ2) is 43.9. The van der Waals surface area contributed by atoms with Gasteiger partial charge < -0.3 is 37.2 Å². The summed E-state index contributed by atoms with van der Waals surface area (Å²) in [6.45, 7) is 4.42. The van der Waals surface area contributed by atoms with Crippen LogP contribution in [0.15, 0.2) is 0 Å². The van der Waals surface area contributed by atoms with Gasteiger partial charge in [0.15, 0.2) is 0 Å².